The molecule has 0 saturated carbocycles. The maximum atomic E-state index is 11.1. The summed E-state index contributed by atoms with van der Waals surface area (Å²) in [5.41, 5.74) is 0. The molecule has 0 bridgehead atoms. The SMILES string of the molecule is O=C(CS)N1CCOC(CO)C1. The van der Waals surface area contributed by atoms with Crippen LogP contribution in [0.25, 0.3) is 0 Å². The molecule has 1 aliphatic rings. The van der Waals surface area contributed by atoms with Crippen molar-refractivity contribution < 1.29 is 14.6 Å². The largest absolute Gasteiger partial charge is 0.394 e. The van der Waals surface area contributed by atoms with E-state index >= 15 is 0 Å². The molecule has 4 nitrogen and oxygen atoms in total. The van der Waals surface area contributed by atoms with Crippen LogP contribution in [0.4, 0.5) is 0 Å². The van der Waals surface area contributed by atoms with Gasteiger partial charge in [0.05, 0.1) is 25.1 Å². The van der Waals surface area contributed by atoms with Crippen LogP contribution in [0, 0.1) is 0 Å². The Kier molecular flexibility index (Phi) is 3.84. The molecule has 0 aromatic rings. The first kappa shape index (κ1) is 9.83. The summed E-state index contributed by atoms with van der Waals surface area (Å²) in [6.07, 6.45) is -0.220. The minimum atomic E-state index is -0.220. The maximum Gasteiger partial charge on any atom is 0.232 e. The van der Waals surface area contributed by atoms with Crippen LogP contribution in [0.2, 0.25) is 0 Å². The zero-order valence-electron chi connectivity index (χ0n) is 6.77. The van der Waals surface area contributed by atoms with Crippen LogP contribution < -0.4 is 0 Å². The van der Waals surface area contributed by atoms with Gasteiger partial charge in [0.2, 0.25) is 5.91 Å². The summed E-state index contributed by atoms with van der Waals surface area (Å²) in [5.74, 6) is 0.220. The number of hydrogen-bond donors (Lipinski definition) is 2. The van der Waals surface area contributed by atoms with Gasteiger partial charge in [-0.1, -0.05) is 0 Å². The molecule has 0 aromatic heterocycles. The Hall–Kier alpha value is -0.260. The third-order valence-electron chi connectivity index (χ3n) is 1.83. The highest BCUT2D eigenvalue weighted by Crippen LogP contribution is 2.04. The van der Waals surface area contributed by atoms with Gasteiger partial charge in [0, 0.05) is 13.1 Å². The van der Waals surface area contributed by atoms with E-state index in [1.165, 1.54) is 0 Å². The van der Waals surface area contributed by atoms with Gasteiger partial charge in [-0.3, -0.25) is 4.79 Å². The summed E-state index contributed by atoms with van der Waals surface area (Å²) < 4.78 is 5.18. The average molecular weight is 191 g/mol. The third kappa shape index (κ3) is 2.36. The number of nitrogens with zero attached hydrogens (tertiary/aromatic N) is 1. The highest BCUT2D eigenvalue weighted by molar-refractivity contribution is 7.81. The van der Waals surface area contributed by atoms with Crippen molar-refractivity contribution in [3.05, 3.63) is 0 Å². The lowest BCUT2D eigenvalue weighted by molar-refractivity contribution is -0.137. The van der Waals surface area contributed by atoms with Crippen LogP contribution >= 0.6 is 12.6 Å². The van der Waals surface area contributed by atoms with Crippen molar-refractivity contribution in [3.8, 4) is 0 Å². The van der Waals surface area contributed by atoms with Gasteiger partial charge >= 0.3 is 0 Å². The predicted molar refractivity (Wildman–Crippen MR) is 47.3 cm³/mol. The van der Waals surface area contributed by atoms with E-state index in [1.807, 2.05) is 0 Å². The normalized spacial score (nSPS) is 24.2. The van der Waals surface area contributed by atoms with E-state index in [1.54, 1.807) is 4.90 Å². The number of ether oxygens (including phenoxy) is 1. The molecule has 1 amide bonds. The number of aliphatic hydroxyl groups is 1. The van der Waals surface area contributed by atoms with Crippen molar-refractivity contribution in [2.45, 2.75) is 6.10 Å². The molecule has 1 rings (SSSR count). The molecule has 0 aromatic carbocycles. The topological polar surface area (TPSA) is 49.8 Å². The molecule has 5 heteroatoms. The molecule has 1 heterocycles. The Labute approximate surface area is 76.9 Å². The Morgan fingerprint density at radius 3 is 3.08 bits per heavy atom. The highest BCUT2D eigenvalue weighted by atomic mass is 32.1. The molecule has 12 heavy (non-hydrogen) atoms. The lowest BCUT2D eigenvalue weighted by Gasteiger charge is -2.31. The molecule has 0 spiro atoms. The van der Waals surface area contributed by atoms with E-state index in [-0.39, 0.29) is 24.4 Å². The summed E-state index contributed by atoms with van der Waals surface area (Å²) in [7, 11) is 0. The van der Waals surface area contributed by atoms with Crippen molar-refractivity contribution in [1.29, 1.82) is 0 Å². The van der Waals surface area contributed by atoms with Crippen LogP contribution in [0.15, 0.2) is 0 Å². The number of thiol groups is 1. The number of amides is 1. The average Bonchev–Trinajstić information content (AvgIpc) is 2.17. The van der Waals surface area contributed by atoms with E-state index in [0.717, 1.165) is 0 Å². The second-order valence-electron chi connectivity index (χ2n) is 2.67. The molecular formula is C7H13NO3S. The molecule has 1 fully saturated rings. The Morgan fingerprint density at radius 2 is 2.50 bits per heavy atom. The van der Waals surface area contributed by atoms with E-state index in [2.05, 4.69) is 12.6 Å². The summed E-state index contributed by atoms with van der Waals surface area (Å²) in [6.45, 7) is 1.56. The number of carbonyl (C=O) groups is 1. The number of rotatable bonds is 2. The Morgan fingerprint density at radius 1 is 1.75 bits per heavy atom. The summed E-state index contributed by atoms with van der Waals surface area (Å²) >= 11 is 3.89. The molecule has 0 radical (unpaired) electrons. The van der Waals surface area contributed by atoms with Gasteiger partial charge in [-0.05, 0) is 0 Å². The fraction of sp³-hybridized carbons (Fsp3) is 0.857. The second-order valence-corrected chi connectivity index (χ2v) is 2.99. The van der Waals surface area contributed by atoms with E-state index < -0.39 is 0 Å². The van der Waals surface area contributed by atoms with Crippen LogP contribution in [0.5, 0.6) is 0 Å². The van der Waals surface area contributed by atoms with Crippen molar-refractivity contribution in [3.63, 3.8) is 0 Å². The van der Waals surface area contributed by atoms with E-state index in [9.17, 15) is 4.79 Å². The summed E-state index contributed by atoms with van der Waals surface area (Å²) in [5, 5.41) is 8.78. The van der Waals surface area contributed by atoms with E-state index in [4.69, 9.17) is 9.84 Å². The number of morpholine rings is 1. The minimum absolute atomic E-state index is 0.0000772. The van der Waals surface area contributed by atoms with Gasteiger partial charge in [-0.15, -0.1) is 0 Å². The number of hydrogen-bond acceptors (Lipinski definition) is 4. The van der Waals surface area contributed by atoms with Crippen LogP contribution in [0.3, 0.4) is 0 Å². The molecule has 1 atom stereocenters. The van der Waals surface area contributed by atoms with Gasteiger partial charge in [0.1, 0.15) is 0 Å². The quantitative estimate of drug-likeness (QED) is 0.558. The first-order valence-electron chi connectivity index (χ1n) is 3.89. The van der Waals surface area contributed by atoms with Crippen molar-refractivity contribution in [2.75, 3.05) is 32.1 Å². The fourth-order valence-corrected chi connectivity index (χ4v) is 1.36. The molecular weight excluding hydrogens is 178 g/mol. The van der Waals surface area contributed by atoms with Gasteiger partial charge in [0.25, 0.3) is 0 Å². The number of carbonyl (C=O) groups excluding carboxylic acids is 1. The van der Waals surface area contributed by atoms with Crippen molar-refractivity contribution in [1.82, 2.24) is 4.90 Å². The first-order valence-corrected chi connectivity index (χ1v) is 4.52. The van der Waals surface area contributed by atoms with Crippen LogP contribution in [0.1, 0.15) is 0 Å². The fourth-order valence-electron chi connectivity index (χ4n) is 1.16. The van der Waals surface area contributed by atoms with Crippen LogP contribution in [-0.4, -0.2) is 54.1 Å². The molecule has 1 aliphatic heterocycles. The second kappa shape index (κ2) is 4.69. The molecule has 1 saturated heterocycles. The molecule has 1 N–H and O–H groups in total. The minimum Gasteiger partial charge on any atom is -0.394 e. The Bertz CT molecular complexity index is 165. The van der Waals surface area contributed by atoms with Crippen molar-refractivity contribution >= 4 is 18.5 Å². The van der Waals surface area contributed by atoms with Gasteiger partial charge in [0.15, 0.2) is 0 Å². The molecule has 70 valence electrons. The van der Waals surface area contributed by atoms with Crippen molar-refractivity contribution in [2.24, 2.45) is 0 Å². The zero-order valence-corrected chi connectivity index (χ0v) is 7.67. The third-order valence-corrected chi connectivity index (χ3v) is 2.10. The van der Waals surface area contributed by atoms with Gasteiger partial charge in [-0.2, -0.15) is 12.6 Å². The predicted octanol–water partition coefficient (Wildman–Crippen LogP) is -0.864. The van der Waals surface area contributed by atoms with Gasteiger partial charge in [-0.25, -0.2) is 0 Å². The standard InChI is InChI=1S/C7H13NO3S/c9-4-6-3-8(1-2-11-6)7(10)5-12/h6,9,12H,1-5H2. The first-order chi connectivity index (χ1) is 5.77. The maximum absolute atomic E-state index is 11.1. The Balaban J connectivity index is 2.40. The lowest BCUT2D eigenvalue weighted by Crippen LogP contribution is -2.47. The lowest BCUT2D eigenvalue weighted by atomic mass is 10.3. The molecule has 0 aliphatic carbocycles. The summed E-state index contributed by atoms with van der Waals surface area (Å²) in [6, 6.07) is 0. The van der Waals surface area contributed by atoms with Crippen LogP contribution in [-0.2, 0) is 9.53 Å². The summed E-state index contributed by atoms with van der Waals surface area (Å²) in [4.78, 5) is 12.8. The highest BCUT2D eigenvalue weighted by Gasteiger charge is 2.22. The molecule has 1 unspecified atom stereocenters. The monoisotopic (exact) mass is 191 g/mol. The zero-order chi connectivity index (χ0) is 8.97. The number of aliphatic hydroxyl groups excluding tert-OH is 1. The van der Waals surface area contributed by atoms with E-state index in [0.29, 0.717) is 19.7 Å². The smallest absolute Gasteiger partial charge is 0.232 e. The van der Waals surface area contributed by atoms with Gasteiger partial charge < -0.3 is 14.7 Å².